The zero-order valence-corrected chi connectivity index (χ0v) is 18.2. The lowest BCUT2D eigenvalue weighted by Gasteiger charge is -2.54. The van der Waals surface area contributed by atoms with E-state index in [1.165, 1.54) is 35.0 Å². The molecule has 0 bridgehead atoms. The van der Waals surface area contributed by atoms with Gasteiger partial charge in [-0.3, -0.25) is 19.3 Å². The predicted molar refractivity (Wildman–Crippen MR) is 118 cm³/mol. The van der Waals surface area contributed by atoms with Crippen molar-refractivity contribution < 1.29 is 23.8 Å². The highest BCUT2D eigenvalue weighted by Crippen LogP contribution is 2.58. The van der Waals surface area contributed by atoms with E-state index in [-0.39, 0.29) is 23.2 Å². The molecule has 1 unspecified atom stereocenters. The number of benzene rings is 2. The number of aromatic nitrogens is 1. The second kappa shape index (κ2) is 6.89. The molecule has 1 aromatic heterocycles. The van der Waals surface area contributed by atoms with E-state index in [1.807, 2.05) is 0 Å². The van der Waals surface area contributed by atoms with Crippen LogP contribution in [0.4, 0.5) is 8.78 Å². The standard InChI is InChI=1S/C25H21F2N3O4/c1-28-21(12-31)30(29-9-8-20(32)23(33)22(29)24(28)34)25-13(10-14-16(25)4-2-6-18(14)26)11-15-17(25)5-3-7-19(15)27/h2-9,13,21,31,33H,10-12H2,1H3. The van der Waals surface area contributed by atoms with Crippen molar-refractivity contribution in [1.29, 1.82) is 0 Å². The number of pyridine rings is 1. The molecule has 0 saturated heterocycles. The highest BCUT2D eigenvalue weighted by atomic mass is 19.1. The van der Waals surface area contributed by atoms with E-state index in [2.05, 4.69) is 0 Å². The number of carbonyl (C=O) groups excluding carboxylic acids is 1. The Labute approximate surface area is 193 Å². The molecule has 174 valence electrons. The third kappa shape index (κ3) is 2.32. The van der Waals surface area contributed by atoms with Gasteiger partial charge in [-0.15, -0.1) is 0 Å². The minimum Gasteiger partial charge on any atom is -0.502 e. The lowest BCUT2D eigenvalue weighted by atomic mass is 9.81. The van der Waals surface area contributed by atoms with Gasteiger partial charge < -0.3 is 15.1 Å². The summed E-state index contributed by atoms with van der Waals surface area (Å²) >= 11 is 0. The molecule has 3 aromatic rings. The Morgan fingerprint density at radius 3 is 2.15 bits per heavy atom. The van der Waals surface area contributed by atoms with Crippen molar-refractivity contribution in [2.24, 2.45) is 5.92 Å². The van der Waals surface area contributed by atoms with Crippen molar-refractivity contribution in [3.63, 3.8) is 0 Å². The normalized spacial score (nSPS) is 24.6. The molecule has 1 atom stereocenters. The molecular weight excluding hydrogens is 444 g/mol. The van der Waals surface area contributed by atoms with Crippen LogP contribution in [0.3, 0.4) is 0 Å². The summed E-state index contributed by atoms with van der Waals surface area (Å²) in [5.74, 6) is -2.45. The summed E-state index contributed by atoms with van der Waals surface area (Å²) in [6.45, 7) is -0.488. The Bertz CT molecular complexity index is 1380. The molecule has 2 N–H and O–H groups in total. The van der Waals surface area contributed by atoms with E-state index in [0.717, 1.165) is 6.07 Å². The average Bonchev–Trinajstić information content (AvgIpc) is 3.32. The van der Waals surface area contributed by atoms with Gasteiger partial charge in [0.25, 0.3) is 5.91 Å². The second-order valence-corrected chi connectivity index (χ2v) is 9.05. The van der Waals surface area contributed by atoms with Crippen molar-refractivity contribution >= 4 is 5.91 Å². The summed E-state index contributed by atoms with van der Waals surface area (Å²) < 4.78 is 31.4. The number of carbonyl (C=O) groups is 1. The quantitative estimate of drug-likeness (QED) is 0.604. The topological polar surface area (TPSA) is 86.0 Å². The van der Waals surface area contributed by atoms with Crippen LogP contribution in [0.15, 0.2) is 53.5 Å². The first-order chi connectivity index (χ1) is 16.3. The van der Waals surface area contributed by atoms with Crippen LogP contribution < -0.4 is 10.4 Å². The van der Waals surface area contributed by atoms with Crippen molar-refractivity contribution in [2.45, 2.75) is 24.5 Å². The Morgan fingerprint density at radius 1 is 1.00 bits per heavy atom. The molecule has 6 rings (SSSR count). The molecule has 1 aliphatic heterocycles. The number of aliphatic hydroxyl groups excluding tert-OH is 1. The van der Waals surface area contributed by atoms with Crippen molar-refractivity contribution in [1.82, 2.24) is 9.58 Å². The van der Waals surface area contributed by atoms with Gasteiger partial charge in [-0.05, 0) is 47.2 Å². The van der Waals surface area contributed by atoms with Crippen LogP contribution in [0, 0.1) is 17.6 Å². The van der Waals surface area contributed by atoms with Crippen LogP contribution in [-0.2, 0) is 18.4 Å². The van der Waals surface area contributed by atoms with E-state index in [4.69, 9.17) is 0 Å². The maximum Gasteiger partial charge on any atom is 0.277 e. The van der Waals surface area contributed by atoms with Crippen molar-refractivity contribution in [2.75, 3.05) is 18.7 Å². The largest absolute Gasteiger partial charge is 0.502 e. The van der Waals surface area contributed by atoms with Gasteiger partial charge in [0.2, 0.25) is 5.43 Å². The number of amides is 1. The van der Waals surface area contributed by atoms with E-state index in [9.17, 15) is 19.8 Å². The zero-order chi connectivity index (χ0) is 23.9. The van der Waals surface area contributed by atoms with Gasteiger partial charge >= 0.3 is 0 Å². The Balaban J connectivity index is 1.76. The summed E-state index contributed by atoms with van der Waals surface area (Å²) in [6, 6.07) is 10.6. The first-order valence-electron chi connectivity index (χ1n) is 11.0. The number of rotatable bonds is 2. The minimum absolute atomic E-state index is 0.262. The fraction of sp³-hybridized carbons (Fsp3) is 0.280. The molecule has 0 saturated carbocycles. The summed E-state index contributed by atoms with van der Waals surface area (Å²) in [4.78, 5) is 26.6. The smallest absolute Gasteiger partial charge is 0.277 e. The number of fused-ring (bicyclic) bond motifs is 6. The molecule has 0 radical (unpaired) electrons. The molecular formula is C25H21F2N3O4. The lowest BCUT2D eigenvalue weighted by Crippen LogP contribution is -2.69. The molecule has 7 nitrogen and oxygen atoms in total. The first kappa shape index (κ1) is 20.9. The molecule has 3 aliphatic rings. The highest BCUT2D eigenvalue weighted by Gasteiger charge is 2.61. The monoisotopic (exact) mass is 465 g/mol. The predicted octanol–water partition coefficient (Wildman–Crippen LogP) is 1.85. The Morgan fingerprint density at radius 2 is 1.59 bits per heavy atom. The molecule has 2 aromatic carbocycles. The number of halogens is 2. The van der Waals surface area contributed by atoms with Gasteiger partial charge in [-0.2, -0.15) is 0 Å². The number of aromatic hydroxyl groups is 1. The average molecular weight is 465 g/mol. The van der Waals surface area contributed by atoms with Crippen LogP contribution in [0.25, 0.3) is 0 Å². The van der Waals surface area contributed by atoms with Gasteiger partial charge in [0.1, 0.15) is 23.3 Å². The maximum absolute atomic E-state index is 15.0. The molecule has 0 fully saturated rings. The lowest BCUT2D eigenvalue weighted by molar-refractivity contribution is 0.0427. The van der Waals surface area contributed by atoms with Crippen molar-refractivity contribution in [3.8, 4) is 5.75 Å². The molecule has 34 heavy (non-hydrogen) atoms. The maximum atomic E-state index is 15.0. The van der Waals surface area contributed by atoms with Gasteiger partial charge in [0.15, 0.2) is 11.4 Å². The van der Waals surface area contributed by atoms with Crippen molar-refractivity contribution in [3.05, 3.63) is 98.5 Å². The van der Waals surface area contributed by atoms with Gasteiger partial charge in [-0.25, -0.2) is 8.78 Å². The summed E-state index contributed by atoms with van der Waals surface area (Å²) in [5.41, 5.74) is 0.0473. The summed E-state index contributed by atoms with van der Waals surface area (Å²) in [6.07, 6.45) is 1.08. The molecule has 2 aliphatic carbocycles. The van der Waals surface area contributed by atoms with Gasteiger partial charge in [0, 0.05) is 25.2 Å². The van der Waals surface area contributed by atoms with E-state index in [1.54, 1.807) is 29.3 Å². The molecule has 1 amide bonds. The summed E-state index contributed by atoms with van der Waals surface area (Å²) in [5, 5.41) is 22.7. The molecule has 2 heterocycles. The van der Waals surface area contributed by atoms with Crippen LogP contribution in [0.5, 0.6) is 5.75 Å². The van der Waals surface area contributed by atoms with E-state index < -0.39 is 35.4 Å². The van der Waals surface area contributed by atoms with Gasteiger partial charge in [0.05, 0.1) is 6.61 Å². The fourth-order valence-electron chi connectivity index (χ4n) is 6.24. The molecule has 9 heteroatoms. The third-order valence-corrected chi connectivity index (χ3v) is 7.61. The van der Waals surface area contributed by atoms with Crippen LogP contribution >= 0.6 is 0 Å². The number of hydrogen-bond donors (Lipinski definition) is 2. The minimum atomic E-state index is -1.16. The number of likely N-dealkylation sites (N-methyl/N-ethyl adjacent to an activating group) is 1. The third-order valence-electron chi connectivity index (χ3n) is 7.61. The molecule has 0 spiro atoms. The van der Waals surface area contributed by atoms with Crippen LogP contribution in [0.1, 0.15) is 32.7 Å². The highest BCUT2D eigenvalue weighted by molar-refractivity contribution is 5.96. The van der Waals surface area contributed by atoms with E-state index in [0.29, 0.717) is 35.1 Å². The first-order valence-corrected chi connectivity index (χ1v) is 11.0. The number of hydrogen-bond acceptors (Lipinski definition) is 5. The van der Waals surface area contributed by atoms with Gasteiger partial charge in [-0.1, -0.05) is 24.3 Å². The number of nitrogens with zero attached hydrogens (tertiary/aromatic N) is 3. The summed E-state index contributed by atoms with van der Waals surface area (Å²) in [7, 11) is 1.46. The SMILES string of the molecule is CN1C(=O)c2c(O)c(=O)ccn2N(C23c4cccc(F)c4CC2Cc2c(F)cccc23)C1CO. The Hall–Kier alpha value is -3.72. The second-order valence-electron chi connectivity index (χ2n) is 9.05. The van der Waals surface area contributed by atoms with Crippen LogP contribution in [-0.4, -0.2) is 45.5 Å². The zero-order valence-electron chi connectivity index (χ0n) is 18.2. The van der Waals surface area contributed by atoms with Crippen LogP contribution in [0.2, 0.25) is 0 Å². The van der Waals surface area contributed by atoms with E-state index >= 15 is 8.78 Å². The number of aliphatic hydroxyl groups is 1. The Kier molecular flexibility index (Phi) is 4.23. The fourth-order valence-corrected chi connectivity index (χ4v) is 6.24.